The molecule has 1 aromatic rings. The number of rotatable bonds is 6. The van der Waals surface area contributed by atoms with E-state index < -0.39 is 0 Å². The van der Waals surface area contributed by atoms with Crippen molar-refractivity contribution in [2.75, 3.05) is 19.0 Å². The number of amides is 1. The first-order valence-corrected chi connectivity index (χ1v) is 6.93. The molecular weight excluding hydrogens is 276 g/mol. The van der Waals surface area contributed by atoms with Gasteiger partial charge in [-0.3, -0.25) is 4.79 Å². The van der Waals surface area contributed by atoms with Crippen LogP contribution in [0, 0.1) is 0 Å². The van der Waals surface area contributed by atoms with Crippen LogP contribution in [0.5, 0.6) is 0 Å². The number of hydrogen-bond donors (Lipinski definition) is 2. The number of halogens is 1. The van der Waals surface area contributed by atoms with E-state index in [1.54, 1.807) is 0 Å². The van der Waals surface area contributed by atoms with Crippen molar-refractivity contribution < 1.29 is 9.53 Å². The van der Waals surface area contributed by atoms with Gasteiger partial charge in [0, 0.05) is 25.3 Å². The van der Waals surface area contributed by atoms with E-state index in [1.165, 1.54) is 0 Å². The molecule has 2 N–H and O–H groups in total. The number of carbonyl (C=O) groups excluding carboxylic acids is 1. The molecule has 2 rings (SSSR count). The van der Waals surface area contributed by atoms with Crippen LogP contribution in [0.1, 0.15) is 31.2 Å². The summed E-state index contributed by atoms with van der Waals surface area (Å²) in [6.07, 6.45) is 3.83. The zero-order chi connectivity index (χ0) is 13.5. The molecule has 4 nitrogen and oxygen atoms in total. The predicted molar refractivity (Wildman–Crippen MR) is 83.3 cm³/mol. The molecule has 1 heterocycles. The van der Waals surface area contributed by atoms with Crippen LogP contribution >= 0.6 is 12.4 Å². The summed E-state index contributed by atoms with van der Waals surface area (Å²) in [6, 6.07) is 7.88. The Labute approximate surface area is 126 Å². The van der Waals surface area contributed by atoms with Gasteiger partial charge < -0.3 is 15.4 Å². The number of ether oxygens (including phenoxy) is 1. The number of benzene rings is 1. The Morgan fingerprint density at radius 2 is 2.20 bits per heavy atom. The molecule has 0 aromatic heterocycles. The average Bonchev–Trinajstić information content (AvgIpc) is 2.92. The van der Waals surface area contributed by atoms with Crippen LogP contribution in [0.15, 0.2) is 24.3 Å². The summed E-state index contributed by atoms with van der Waals surface area (Å²) in [7, 11) is 1.90. The predicted octanol–water partition coefficient (Wildman–Crippen LogP) is 2.73. The van der Waals surface area contributed by atoms with Crippen LogP contribution in [0.3, 0.4) is 0 Å². The Hall–Kier alpha value is -1.10. The van der Waals surface area contributed by atoms with E-state index in [4.69, 9.17) is 4.74 Å². The minimum atomic E-state index is 0. The first-order chi connectivity index (χ1) is 9.29. The Bertz CT molecular complexity index is 420. The summed E-state index contributed by atoms with van der Waals surface area (Å²) in [5, 5.41) is 6.09. The lowest BCUT2D eigenvalue weighted by Crippen LogP contribution is -2.17. The van der Waals surface area contributed by atoms with Gasteiger partial charge >= 0.3 is 0 Å². The van der Waals surface area contributed by atoms with Gasteiger partial charge in [0.05, 0.1) is 6.10 Å². The fraction of sp³-hybridized carbons (Fsp3) is 0.533. The standard InChI is InChI=1S/C15H22N2O2.ClH/c1-16-11-12-5-2-3-7-14(12)17-15(18)9-8-13-6-4-10-19-13;/h2-3,5,7,13,16H,4,6,8-11H2,1H3,(H,17,18);1H. The molecule has 112 valence electrons. The molecule has 0 saturated carbocycles. The van der Waals surface area contributed by atoms with Gasteiger partial charge in [-0.15, -0.1) is 12.4 Å². The second-order valence-electron chi connectivity index (χ2n) is 4.91. The minimum absolute atomic E-state index is 0. The lowest BCUT2D eigenvalue weighted by Gasteiger charge is -2.12. The minimum Gasteiger partial charge on any atom is -0.378 e. The third kappa shape index (κ3) is 5.12. The van der Waals surface area contributed by atoms with Crippen molar-refractivity contribution in [3.63, 3.8) is 0 Å². The summed E-state index contributed by atoms with van der Waals surface area (Å²) < 4.78 is 5.53. The summed E-state index contributed by atoms with van der Waals surface area (Å²) >= 11 is 0. The molecule has 1 aliphatic heterocycles. The van der Waals surface area contributed by atoms with Gasteiger partial charge in [-0.2, -0.15) is 0 Å². The molecule has 0 bridgehead atoms. The van der Waals surface area contributed by atoms with Gasteiger partial charge in [0.25, 0.3) is 0 Å². The van der Waals surface area contributed by atoms with Crippen LogP contribution < -0.4 is 10.6 Å². The topological polar surface area (TPSA) is 50.4 Å². The molecule has 1 saturated heterocycles. The first kappa shape index (κ1) is 17.0. The zero-order valence-electron chi connectivity index (χ0n) is 11.9. The fourth-order valence-corrected chi connectivity index (χ4v) is 2.36. The molecular formula is C15H23ClN2O2. The lowest BCUT2D eigenvalue weighted by atomic mass is 10.1. The van der Waals surface area contributed by atoms with Crippen LogP contribution in [-0.2, 0) is 16.1 Å². The molecule has 1 aliphatic rings. The first-order valence-electron chi connectivity index (χ1n) is 6.93. The monoisotopic (exact) mass is 298 g/mol. The van der Waals surface area contributed by atoms with Crippen molar-refractivity contribution in [3.05, 3.63) is 29.8 Å². The van der Waals surface area contributed by atoms with Gasteiger partial charge in [0.1, 0.15) is 0 Å². The molecule has 1 atom stereocenters. The zero-order valence-corrected chi connectivity index (χ0v) is 12.7. The molecule has 1 amide bonds. The Balaban J connectivity index is 0.00000200. The van der Waals surface area contributed by atoms with E-state index in [-0.39, 0.29) is 24.4 Å². The van der Waals surface area contributed by atoms with Gasteiger partial charge in [0.15, 0.2) is 0 Å². The average molecular weight is 299 g/mol. The maximum absolute atomic E-state index is 11.9. The molecule has 0 aliphatic carbocycles. The van der Waals surface area contributed by atoms with Crippen molar-refractivity contribution in [3.8, 4) is 0 Å². The van der Waals surface area contributed by atoms with Crippen molar-refractivity contribution >= 4 is 24.0 Å². The Morgan fingerprint density at radius 1 is 1.40 bits per heavy atom. The Kier molecular flexibility index (Phi) is 7.59. The molecule has 0 radical (unpaired) electrons. The van der Waals surface area contributed by atoms with Crippen molar-refractivity contribution in [2.24, 2.45) is 0 Å². The van der Waals surface area contributed by atoms with E-state index in [1.807, 2.05) is 31.3 Å². The Morgan fingerprint density at radius 3 is 2.90 bits per heavy atom. The second kappa shape index (κ2) is 8.95. The molecule has 1 aromatic carbocycles. The smallest absolute Gasteiger partial charge is 0.224 e. The third-order valence-corrected chi connectivity index (χ3v) is 3.38. The van der Waals surface area contributed by atoms with Crippen LogP contribution in [0.2, 0.25) is 0 Å². The van der Waals surface area contributed by atoms with Crippen molar-refractivity contribution in [1.82, 2.24) is 5.32 Å². The van der Waals surface area contributed by atoms with E-state index in [0.717, 1.165) is 43.7 Å². The largest absolute Gasteiger partial charge is 0.378 e. The highest BCUT2D eigenvalue weighted by molar-refractivity contribution is 5.91. The molecule has 20 heavy (non-hydrogen) atoms. The summed E-state index contributed by atoms with van der Waals surface area (Å²) in [6.45, 7) is 1.60. The normalized spacial score (nSPS) is 17.6. The van der Waals surface area contributed by atoms with Gasteiger partial charge in [-0.05, 0) is 37.9 Å². The fourth-order valence-electron chi connectivity index (χ4n) is 2.36. The number of anilines is 1. The molecule has 5 heteroatoms. The van der Waals surface area contributed by atoms with Gasteiger partial charge in [-0.1, -0.05) is 18.2 Å². The molecule has 1 unspecified atom stereocenters. The lowest BCUT2D eigenvalue weighted by molar-refractivity contribution is -0.116. The maximum atomic E-state index is 11.9. The molecule has 1 fully saturated rings. The SMILES string of the molecule is CNCc1ccccc1NC(=O)CCC1CCCO1.Cl. The highest BCUT2D eigenvalue weighted by atomic mass is 35.5. The summed E-state index contributed by atoms with van der Waals surface area (Å²) in [4.78, 5) is 11.9. The number of carbonyl (C=O) groups is 1. The van der Waals surface area contributed by atoms with Gasteiger partial charge in [0.2, 0.25) is 5.91 Å². The van der Waals surface area contributed by atoms with Crippen molar-refractivity contribution in [2.45, 2.75) is 38.3 Å². The maximum Gasteiger partial charge on any atom is 0.224 e. The van der Waals surface area contributed by atoms with E-state index in [0.29, 0.717) is 6.42 Å². The number of nitrogens with one attached hydrogen (secondary N) is 2. The van der Waals surface area contributed by atoms with Crippen molar-refractivity contribution in [1.29, 1.82) is 0 Å². The summed E-state index contributed by atoms with van der Waals surface area (Å²) in [5.41, 5.74) is 2.00. The number of hydrogen-bond acceptors (Lipinski definition) is 3. The summed E-state index contributed by atoms with van der Waals surface area (Å²) in [5.74, 6) is 0.0686. The second-order valence-corrected chi connectivity index (χ2v) is 4.91. The quantitative estimate of drug-likeness (QED) is 0.849. The van der Waals surface area contributed by atoms with Crippen LogP contribution in [-0.4, -0.2) is 25.7 Å². The third-order valence-electron chi connectivity index (χ3n) is 3.38. The highest BCUT2D eigenvalue weighted by Gasteiger charge is 2.16. The van der Waals surface area contributed by atoms with Gasteiger partial charge in [-0.25, -0.2) is 0 Å². The van der Waals surface area contributed by atoms with E-state index in [9.17, 15) is 4.79 Å². The number of para-hydroxylation sites is 1. The highest BCUT2D eigenvalue weighted by Crippen LogP contribution is 2.18. The van der Waals surface area contributed by atoms with E-state index >= 15 is 0 Å². The van der Waals surface area contributed by atoms with Crippen LogP contribution in [0.4, 0.5) is 5.69 Å². The van der Waals surface area contributed by atoms with E-state index in [2.05, 4.69) is 10.6 Å². The molecule has 0 spiro atoms. The van der Waals surface area contributed by atoms with Crippen LogP contribution in [0.25, 0.3) is 0 Å².